The van der Waals surface area contributed by atoms with Crippen LogP contribution in [0.25, 0.3) is 0 Å². The first-order valence-corrected chi connectivity index (χ1v) is 11.1. The fraction of sp³-hybridized carbons (Fsp3) is 0.455. The molecule has 2 heterocycles. The largest absolute Gasteiger partial charge is 0.369 e. The number of carbonyl (C=O) groups excluding carboxylic acids is 1. The molecule has 2 N–H and O–H groups in total. The molecule has 0 radical (unpaired) electrons. The molecular formula is C22H32IN5OS. The van der Waals surface area contributed by atoms with Crippen molar-refractivity contribution in [1.82, 2.24) is 15.5 Å². The highest BCUT2D eigenvalue weighted by molar-refractivity contribution is 14.0. The van der Waals surface area contributed by atoms with Crippen LogP contribution in [-0.2, 0) is 11.2 Å². The minimum atomic E-state index is -0.00101. The van der Waals surface area contributed by atoms with Crippen molar-refractivity contribution in [2.75, 3.05) is 45.2 Å². The summed E-state index contributed by atoms with van der Waals surface area (Å²) in [6, 6.07) is 15.0. The number of halogens is 1. The number of amides is 1. The van der Waals surface area contributed by atoms with Gasteiger partial charge >= 0.3 is 0 Å². The predicted molar refractivity (Wildman–Crippen MR) is 137 cm³/mol. The van der Waals surface area contributed by atoms with Crippen molar-refractivity contribution < 1.29 is 4.79 Å². The van der Waals surface area contributed by atoms with Gasteiger partial charge < -0.3 is 20.4 Å². The van der Waals surface area contributed by atoms with Crippen LogP contribution < -0.4 is 15.5 Å². The number of anilines is 1. The number of guanidine groups is 1. The zero-order valence-corrected chi connectivity index (χ0v) is 20.9. The van der Waals surface area contributed by atoms with Crippen LogP contribution in [-0.4, -0.2) is 63.1 Å². The molecule has 0 spiro atoms. The molecule has 0 saturated carbocycles. The molecule has 2 aromatic rings. The van der Waals surface area contributed by atoms with Crippen LogP contribution in [0.1, 0.15) is 17.7 Å². The minimum absolute atomic E-state index is 0. The first-order valence-electron chi connectivity index (χ1n) is 10.2. The molecule has 8 heteroatoms. The Morgan fingerprint density at radius 1 is 1.23 bits per heavy atom. The summed E-state index contributed by atoms with van der Waals surface area (Å²) in [5, 5.41) is 9.07. The zero-order chi connectivity index (χ0) is 20.5. The summed E-state index contributed by atoms with van der Waals surface area (Å²) in [6.45, 7) is 2.94. The maximum Gasteiger partial charge on any atom is 0.243 e. The maximum atomic E-state index is 12.0. The van der Waals surface area contributed by atoms with Crippen molar-refractivity contribution in [3.05, 3.63) is 52.7 Å². The highest BCUT2D eigenvalue weighted by Crippen LogP contribution is 2.19. The zero-order valence-electron chi connectivity index (χ0n) is 17.7. The van der Waals surface area contributed by atoms with Gasteiger partial charge in [0.15, 0.2) is 5.96 Å². The summed E-state index contributed by atoms with van der Waals surface area (Å²) in [6.07, 6.45) is 3.17. The van der Waals surface area contributed by atoms with Gasteiger partial charge in [0.1, 0.15) is 6.54 Å². The van der Waals surface area contributed by atoms with Gasteiger partial charge in [-0.25, -0.2) is 4.99 Å². The lowest BCUT2D eigenvalue weighted by atomic mass is 10.1. The third-order valence-corrected chi connectivity index (χ3v) is 5.93. The molecule has 164 valence electrons. The number of piperidine rings is 1. The number of rotatable bonds is 7. The van der Waals surface area contributed by atoms with Crippen LogP contribution >= 0.6 is 35.3 Å². The van der Waals surface area contributed by atoms with Crippen molar-refractivity contribution in [3.63, 3.8) is 0 Å². The van der Waals surface area contributed by atoms with Gasteiger partial charge in [-0.2, -0.15) is 0 Å². The summed E-state index contributed by atoms with van der Waals surface area (Å²) in [5.41, 5.74) is 1.26. The standard InChI is InChI=1S/C22H31N5OS.HI/c1-26(2)21(28)16-24-22(23-13-12-20-11-7-15-29-20)25-18-8-6-14-27(17-18)19-9-4-3-5-10-19;/h3-5,7,9-11,15,18H,6,8,12-14,16-17H2,1-2H3,(H2,23,24,25);1H. The molecule has 1 unspecified atom stereocenters. The molecular weight excluding hydrogens is 509 g/mol. The number of likely N-dealkylation sites (N-methyl/N-ethyl adjacent to an activating group) is 1. The minimum Gasteiger partial charge on any atom is -0.369 e. The number of nitrogens with zero attached hydrogens (tertiary/aromatic N) is 3. The molecule has 1 atom stereocenters. The van der Waals surface area contributed by atoms with Crippen LogP contribution in [0.5, 0.6) is 0 Å². The lowest BCUT2D eigenvalue weighted by Crippen LogP contribution is -2.51. The molecule has 1 fully saturated rings. The highest BCUT2D eigenvalue weighted by atomic mass is 127. The van der Waals surface area contributed by atoms with Crippen LogP contribution in [0, 0.1) is 0 Å². The highest BCUT2D eigenvalue weighted by Gasteiger charge is 2.21. The number of para-hydroxylation sites is 1. The lowest BCUT2D eigenvalue weighted by molar-refractivity contribution is -0.127. The Kier molecular flexibility index (Phi) is 10.4. The number of carbonyl (C=O) groups is 1. The van der Waals surface area contributed by atoms with E-state index in [1.54, 1.807) is 30.3 Å². The van der Waals surface area contributed by atoms with Gasteiger partial charge in [0.05, 0.1) is 0 Å². The van der Waals surface area contributed by atoms with Crippen molar-refractivity contribution >= 4 is 52.9 Å². The number of hydrogen-bond donors (Lipinski definition) is 2. The van der Waals surface area contributed by atoms with E-state index in [2.05, 4.69) is 62.3 Å². The number of aliphatic imine (C=N–C) groups is 1. The van der Waals surface area contributed by atoms with E-state index in [0.717, 1.165) is 44.9 Å². The van der Waals surface area contributed by atoms with E-state index in [9.17, 15) is 4.79 Å². The van der Waals surface area contributed by atoms with Crippen molar-refractivity contribution in [1.29, 1.82) is 0 Å². The molecule has 0 bridgehead atoms. The number of hydrogen-bond acceptors (Lipinski definition) is 4. The molecule has 1 aliphatic rings. The van der Waals surface area contributed by atoms with E-state index < -0.39 is 0 Å². The number of benzene rings is 1. The van der Waals surface area contributed by atoms with E-state index in [1.165, 1.54) is 10.6 Å². The fourth-order valence-electron chi connectivity index (χ4n) is 3.36. The Labute approximate surface area is 200 Å². The van der Waals surface area contributed by atoms with Crippen molar-refractivity contribution in [2.45, 2.75) is 25.3 Å². The molecule has 30 heavy (non-hydrogen) atoms. The van der Waals surface area contributed by atoms with Gasteiger partial charge in [-0.3, -0.25) is 4.79 Å². The summed E-state index contributed by atoms with van der Waals surface area (Å²) >= 11 is 1.76. The molecule has 1 aromatic heterocycles. The SMILES string of the molecule is CN(C)C(=O)CN=C(NCCc1cccs1)NC1CCCN(c2ccccc2)C1.I. The number of thiophene rings is 1. The molecule has 1 aliphatic heterocycles. The van der Waals surface area contributed by atoms with Gasteiger partial charge in [-0.15, -0.1) is 35.3 Å². The van der Waals surface area contributed by atoms with Gasteiger partial charge in [0, 0.05) is 50.3 Å². The molecule has 6 nitrogen and oxygen atoms in total. The first-order chi connectivity index (χ1) is 14.1. The molecule has 1 amide bonds. The van der Waals surface area contributed by atoms with Gasteiger partial charge in [0.2, 0.25) is 5.91 Å². The van der Waals surface area contributed by atoms with Gasteiger partial charge in [-0.1, -0.05) is 24.3 Å². The lowest BCUT2D eigenvalue weighted by Gasteiger charge is -2.35. The smallest absolute Gasteiger partial charge is 0.243 e. The Balaban J connectivity index is 0.00000320. The predicted octanol–water partition coefficient (Wildman–Crippen LogP) is 3.20. The summed E-state index contributed by atoms with van der Waals surface area (Å²) < 4.78 is 0. The first kappa shape index (κ1) is 24.5. The quantitative estimate of drug-likeness (QED) is 0.321. The Morgan fingerprint density at radius 2 is 2.03 bits per heavy atom. The second-order valence-corrected chi connectivity index (χ2v) is 8.51. The van der Waals surface area contributed by atoms with E-state index in [0.29, 0.717) is 6.04 Å². The fourth-order valence-corrected chi connectivity index (χ4v) is 4.07. The monoisotopic (exact) mass is 541 g/mol. The second-order valence-electron chi connectivity index (χ2n) is 7.47. The molecule has 0 aliphatic carbocycles. The van der Waals surface area contributed by atoms with E-state index in [-0.39, 0.29) is 36.4 Å². The molecule has 3 rings (SSSR count). The van der Waals surface area contributed by atoms with Gasteiger partial charge in [0.25, 0.3) is 0 Å². The Morgan fingerprint density at radius 3 is 2.73 bits per heavy atom. The van der Waals surface area contributed by atoms with E-state index >= 15 is 0 Å². The van der Waals surface area contributed by atoms with Gasteiger partial charge in [-0.05, 0) is 42.8 Å². The summed E-state index contributed by atoms with van der Waals surface area (Å²) in [7, 11) is 3.52. The second kappa shape index (κ2) is 12.8. The third-order valence-electron chi connectivity index (χ3n) is 5.00. The summed E-state index contributed by atoms with van der Waals surface area (Å²) in [4.78, 5) is 21.9. The van der Waals surface area contributed by atoms with Crippen molar-refractivity contribution in [2.24, 2.45) is 4.99 Å². The van der Waals surface area contributed by atoms with Crippen molar-refractivity contribution in [3.8, 4) is 0 Å². The number of nitrogens with one attached hydrogen (secondary N) is 2. The van der Waals surface area contributed by atoms with E-state index in [1.807, 2.05) is 6.07 Å². The summed E-state index contributed by atoms with van der Waals surface area (Å²) in [5.74, 6) is 0.718. The van der Waals surface area contributed by atoms with Crippen LogP contribution in [0.2, 0.25) is 0 Å². The average molecular weight is 542 g/mol. The Hall–Kier alpha value is -1.81. The van der Waals surface area contributed by atoms with Crippen LogP contribution in [0.3, 0.4) is 0 Å². The normalized spacial score (nSPS) is 16.5. The van der Waals surface area contributed by atoms with Crippen LogP contribution in [0.4, 0.5) is 5.69 Å². The molecule has 1 aromatic carbocycles. The van der Waals surface area contributed by atoms with E-state index in [4.69, 9.17) is 0 Å². The topological polar surface area (TPSA) is 60.0 Å². The third kappa shape index (κ3) is 7.79. The molecule has 1 saturated heterocycles. The Bertz CT molecular complexity index is 782. The van der Waals surface area contributed by atoms with Crippen LogP contribution in [0.15, 0.2) is 52.8 Å². The maximum absolute atomic E-state index is 12.0. The average Bonchev–Trinajstić information content (AvgIpc) is 3.26.